The zero-order valence-corrected chi connectivity index (χ0v) is 8.28. The van der Waals surface area contributed by atoms with E-state index in [0.29, 0.717) is 16.9 Å². The number of carbonyl (C=O) groups is 1. The lowest BCUT2D eigenvalue weighted by Crippen LogP contribution is -2.37. The van der Waals surface area contributed by atoms with E-state index in [4.69, 9.17) is 10.5 Å². The summed E-state index contributed by atoms with van der Waals surface area (Å²) in [6.07, 6.45) is 0. The summed E-state index contributed by atoms with van der Waals surface area (Å²) in [6.45, 7) is 1.94. The molecular formula is C10H12N2O3. The number of aliphatic hydroxyl groups is 1. The predicted octanol–water partition coefficient (Wildman–Crippen LogP) is 0.402. The van der Waals surface area contributed by atoms with Gasteiger partial charge in [0.2, 0.25) is 0 Å². The maximum atomic E-state index is 11.5. The second-order valence-corrected chi connectivity index (χ2v) is 3.34. The van der Waals surface area contributed by atoms with E-state index in [-0.39, 0.29) is 6.61 Å². The minimum atomic E-state index is -1.90. The Balaban J connectivity index is 2.52. The third-order valence-corrected chi connectivity index (χ3v) is 2.32. The molecule has 0 aromatic heterocycles. The van der Waals surface area contributed by atoms with Crippen molar-refractivity contribution in [1.82, 2.24) is 0 Å². The third-order valence-electron chi connectivity index (χ3n) is 2.32. The fourth-order valence-corrected chi connectivity index (χ4v) is 1.63. The number of carbonyl (C=O) groups excluding carboxylic acids is 1. The number of anilines is 2. The second kappa shape index (κ2) is 3.22. The van der Waals surface area contributed by atoms with Crippen LogP contribution in [-0.2, 0) is 15.3 Å². The van der Waals surface area contributed by atoms with Crippen LogP contribution in [0.15, 0.2) is 18.2 Å². The first-order valence-electron chi connectivity index (χ1n) is 4.65. The van der Waals surface area contributed by atoms with Gasteiger partial charge in [0.05, 0.1) is 5.69 Å². The number of ether oxygens (including phenoxy) is 1. The number of hydrogen-bond acceptors (Lipinski definition) is 4. The van der Waals surface area contributed by atoms with Gasteiger partial charge in [-0.2, -0.15) is 0 Å². The molecule has 0 fully saturated rings. The van der Waals surface area contributed by atoms with Gasteiger partial charge < -0.3 is 20.9 Å². The number of amides is 1. The molecule has 2 rings (SSSR count). The van der Waals surface area contributed by atoms with Crippen molar-refractivity contribution in [2.75, 3.05) is 17.7 Å². The highest BCUT2D eigenvalue weighted by Crippen LogP contribution is 2.37. The van der Waals surface area contributed by atoms with Crippen molar-refractivity contribution in [1.29, 1.82) is 0 Å². The highest BCUT2D eigenvalue weighted by Gasteiger charge is 2.46. The Kier molecular flexibility index (Phi) is 2.13. The van der Waals surface area contributed by atoms with Crippen LogP contribution in [-0.4, -0.2) is 17.6 Å². The van der Waals surface area contributed by atoms with E-state index in [2.05, 4.69) is 5.32 Å². The molecule has 1 aromatic rings. The van der Waals surface area contributed by atoms with Crippen molar-refractivity contribution in [3.8, 4) is 0 Å². The van der Waals surface area contributed by atoms with Gasteiger partial charge >= 0.3 is 0 Å². The van der Waals surface area contributed by atoms with E-state index in [0.717, 1.165) is 0 Å². The van der Waals surface area contributed by atoms with Gasteiger partial charge in [0.1, 0.15) is 0 Å². The van der Waals surface area contributed by atoms with Crippen LogP contribution in [0.2, 0.25) is 0 Å². The summed E-state index contributed by atoms with van der Waals surface area (Å²) >= 11 is 0. The molecule has 1 amide bonds. The average molecular weight is 208 g/mol. The van der Waals surface area contributed by atoms with E-state index in [1.54, 1.807) is 19.1 Å². The molecule has 5 nitrogen and oxygen atoms in total. The summed E-state index contributed by atoms with van der Waals surface area (Å²) in [5.41, 5.74) is 6.97. The monoisotopic (exact) mass is 208 g/mol. The van der Waals surface area contributed by atoms with Crippen molar-refractivity contribution in [3.63, 3.8) is 0 Å². The highest BCUT2D eigenvalue weighted by atomic mass is 16.6. The average Bonchev–Trinajstić information content (AvgIpc) is 2.42. The number of fused-ring (bicyclic) bond motifs is 1. The lowest BCUT2D eigenvalue weighted by molar-refractivity contribution is -0.203. The number of hydrogen-bond donors (Lipinski definition) is 3. The number of nitrogens with one attached hydrogen (secondary N) is 1. The molecule has 0 saturated heterocycles. The molecule has 1 heterocycles. The van der Waals surface area contributed by atoms with E-state index in [1.807, 2.05) is 0 Å². The van der Waals surface area contributed by atoms with Crippen LogP contribution in [0.4, 0.5) is 11.4 Å². The Labute approximate surface area is 86.8 Å². The first kappa shape index (κ1) is 9.95. The smallest absolute Gasteiger partial charge is 0.289 e. The molecule has 4 N–H and O–H groups in total. The fourth-order valence-electron chi connectivity index (χ4n) is 1.63. The highest BCUT2D eigenvalue weighted by molar-refractivity contribution is 6.04. The summed E-state index contributed by atoms with van der Waals surface area (Å²) in [5, 5.41) is 12.6. The fraction of sp³-hybridized carbons (Fsp3) is 0.300. The molecule has 1 aromatic carbocycles. The normalized spacial score (nSPS) is 23.7. The van der Waals surface area contributed by atoms with Crippen molar-refractivity contribution in [2.24, 2.45) is 0 Å². The van der Waals surface area contributed by atoms with E-state index in [9.17, 15) is 9.90 Å². The molecule has 80 valence electrons. The molecule has 0 bridgehead atoms. The molecule has 1 atom stereocenters. The van der Waals surface area contributed by atoms with Gasteiger partial charge in [0.15, 0.2) is 0 Å². The third kappa shape index (κ3) is 1.36. The van der Waals surface area contributed by atoms with Crippen molar-refractivity contribution < 1.29 is 14.6 Å². The van der Waals surface area contributed by atoms with Crippen molar-refractivity contribution >= 4 is 17.3 Å². The van der Waals surface area contributed by atoms with Gasteiger partial charge in [-0.1, -0.05) is 0 Å². The number of rotatable bonds is 2. The first-order valence-corrected chi connectivity index (χ1v) is 4.65. The molecule has 0 spiro atoms. The molecule has 0 aliphatic carbocycles. The van der Waals surface area contributed by atoms with E-state index < -0.39 is 11.7 Å². The molecule has 1 unspecified atom stereocenters. The number of nitrogens with two attached hydrogens (primary N) is 1. The van der Waals surface area contributed by atoms with E-state index in [1.165, 1.54) is 6.07 Å². The van der Waals surface area contributed by atoms with Gasteiger partial charge in [-0.3, -0.25) is 4.79 Å². The topological polar surface area (TPSA) is 84.6 Å². The molecule has 15 heavy (non-hydrogen) atoms. The van der Waals surface area contributed by atoms with Crippen LogP contribution in [0.25, 0.3) is 0 Å². The molecule has 5 heteroatoms. The van der Waals surface area contributed by atoms with Crippen LogP contribution in [0, 0.1) is 0 Å². The first-order chi connectivity index (χ1) is 7.08. The summed E-state index contributed by atoms with van der Waals surface area (Å²) in [6, 6.07) is 4.82. The van der Waals surface area contributed by atoms with Crippen LogP contribution >= 0.6 is 0 Å². The zero-order valence-electron chi connectivity index (χ0n) is 8.28. The summed E-state index contributed by atoms with van der Waals surface area (Å²) in [4.78, 5) is 11.5. The van der Waals surface area contributed by atoms with Gasteiger partial charge in [-0.15, -0.1) is 0 Å². The standard InChI is InChI=1S/C10H12N2O3/c1-2-15-10(14)7-5-6(11)3-4-8(7)12-9(10)13/h3-5,14H,2,11H2,1H3,(H,12,13). The van der Waals surface area contributed by atoms with E-state index >= 15 is 0 Å². The molecule has 1 aliphatic heterocycles. The van der Waals surface area contributed by atoms with Crippen LogP contribution in [0.1, 0.15) is 12.5 Å². The molecular weight excluding hydrogens is 196 g/mol. The minimum absolute atomic E-state index is 0.234. The SMILES string of the molecule is CCOC1(O)C(=O)Nc2ccc(N)cc21. The maximum absolute atomic E-state index is 11.5. The Morgan fingerprint density at radius 1 is 1.60 bits per heavy atom. The maximum Gasteiger partial charge on any atom is 0.289 e. The van der Waals surface area contributed by atoms with Crippen LogP contribution < -0.4 is 11.1 Å². The largest absolute Gasteiger partial charge is 0.399 e. The molecule has 0 saturated carbocycles. The summed E-state index contributed by atoms with van der Waals surface area (Å²) in [7, 11) is 0. The Morgan fingerprint density at radius 2 is 2.33 bits per heavy atom. The summed E-state index contributed by atoms with van der Waals surface area (Å²) < 4.78 is 5.07. The number of benzene rings is 1. The quantitative estimate of drug-likeness (QED) is 0.485. The minimum Gasteiger partial charge on any atom is -0.399 e. The van der Waals surface area contributed by atoms with Crippen LogP contribution in [0.3, 0.4) is 0 Å². The van der Waals surface area contributed by atoms with Crippen molar-refractivity contribution in [3.05, 3.63) is 23.8 Å². The van der Waals surface area contributed by atoms with Crippen LogP contribution in [0.5, 0.6) is 0 Å². The lowest BCUT2D eigenvalue weighted by Gasteiger charge is -2.20. The Bertz CT molecular complexity index is 419. The Hall–Kier alpha value is -1.59. The zero-order chi connectivity index (χ0) is 11.1. The van der Waals surface area contributed by atoms with Crippen molar-refractivity contribution in [2.45, 2.75) is 12.7 Å². The summed E-state index contributed by atoms with van der Waals surface area (Å²) in [5.74, 6) is -2.48. The van der Waals surface area contributed by atoms with Gasteiger partial charge in [0.25, 0.3) is 11.7 Å². The molecule has 0 radical (unpaired) electrons. The predicted molar refractivity (Wildman–Crippen MR) is 55.0 cm³/mol. The van der Waals surface area contributed by atoms with Gasteiger partial charge in [-0.05, 0) is 25.1 Å². The van der Waals surface area contributed by atoms with Gasteiger partial charge in [0, 0.05) is 17.9 Å². The number of nitrogen functional groups attached to an aromatic ring is 1. The molecule has 1 aliphatic rings. The Morgan fingerprint density at radius 3 is 3.00 bits per heavy atom. The lowest BCUT2D eigenvalue weighted by atomic mass is 10.1. The van der Waals surface area contributed by atoms with Gasteiger partial charge in [-0.25, -0.2) is 0 Å². The second-order valence-electron chi connectivity index (χ2n) is 3.34.